The van der Waals surface area contributed by atoms with E-state index < -0.39 is 66.4 Å². The number of hydrogen-bond donors (Lipinski definition) is 7. The molecule has 33 heavy (non-hydrogen) atoms. The lowest BCUT2D eigenvalue weighted by atomic mass is 9.97. The number of aliphatic hydroxyl groups is 1. The summed E-state index contributed by atoms with van der Waals surface area (Å²) in [5.41, 5.74) is 5.49. The molecule has 0 aromatic carbocycles. The van der Waals surface area contributed by atoms with Crippen LogP contribution in [0.5, 0.6) is 0 Å². The highest BCUT2D eigenvalue weighted by Crippen LogP contribution is 2.09. The molecule has 0 bridgehead atoms. The number of carbonyl (C=O) groups is 5. The van der Waals surface area contributed by atoms with Crippen LogP contribution >= 0.6 is 0 Å². The third kappa shape index (κ3) is 11.1. The van der Waals surface area contributed by atoms with E-state index in [0.717, 1.165) is 0 Å². The molecule has 0 radical (unpaired) electrons. The Hall–Kier alpha value is -2.73. The van der Waals surface area contributed by atoms with Crippen molar-refractivity contribution in [2.45, 2.75) is 84.7 Å². The second kappa shape index (κ2) is 14.4. The summed E-state index contributed by atoms with van der Waals surface area (Å²) in [5, 5.41) is 28.7. The number of aliphatic hydroxyl groups excluding tert-OH is 1. The van der Waals surface area contributed by atoms with Crippen LogP contribution in [0.4, 0.5) is 0 Å². The molecule has 0 saturated carbocycles. The molecule has 0 aliphatic carbocycles. The van der Waals surface area contributed by atoms with Crippen LogP contribution in [0.15, 0.2) is 0 Å². The highest BCUT2D eigenvalue weighted by atomic mass is 16.4. The first kappa shape index (κ1) is 30.3. The van der Waals surface area contributed by atoms with Gasteiger partial charge in [-0.2, -0.15) is 0 Å². The van der Waals surface area contributed by atoms with E-state index in [4.69, 9.17) is 5.73 Å². The summed E-state index contributed by atoms with van der Waals surface area (Å²) < 4.78 is 0. The van der Waals surface area contributed by atoms with Gasteiger partial charge in [0.25, 0.3) is 0 Å². The summed E-state index contributed by atoms with van der Waals surface area (Å²) in [7, 11) is 0. The van der Waals surface area contributed by atoms with E-state index in [1.165, 1.54) is 13.8 Å². The highest BCUT2D eigenvalue weighted by molar-refractivity contribution is 5.94. The van der Waals surface area contributed by atoms with Gasteiger partial charge >= 0.3 is 5.97 Å². The maximum atomic E-state index is 12.7. The van der Waals surface area contributed by atoms with Gasteiger partial charge in [-0.15, -0.1) is 0 Å². The van der Waals surface area contributed by atoms with Gasteiger partial charge in [0.05, 0.1) is 18.7 Å². The van der Waals surface area contributed by atoms with E-state index in [9.17, 15) is 34.2 Å². The Morgan fingerprint density at radius 3 is 1.82 bits per heavy atom. The molecule has 4 amide bonds. The second-order valence-electron chi connectivity index (χ2n) is 8.69. The van der Waals surface area contributed by atoms with E-state index in [-0.39, 0.29) is 18.3 Å². The molecule has 8 N–H and O–H groups in total. The number of carboxylic acids is 1. The number of amides is 4. The van der Waals surface area contributed by atoms with Crippen LogP contribution < -0.4 is 27.0 Å². The predicted octanol–water partition coefficient (Wildman–Crippen LogP) is -1.54. The average Bonchev–Trinajstić information content (AvgIpc) is 2.71. The first-order chi connectivity index (χ1) is 15.2. The van der Waals surface area contributed by atoms with Gasteiger partial charge in [0.15, 0.2) is 0 Å². The second-order valence-corrected chi connectivity index (χ2v) is 8.69. The maximum Gasteiger partial charge on any atom is 0.326 e. The van der Waals surface area contributed by atoms with Crippen LogP contribution in [0.2, 0.25) is 0 Å². The van der Waals surface area contributed by atoms with Crippen molar-refractivity contribution in [3.8, 4) is 0 Å². The molecular formula is C21H39N5O7. The number of nitrogens with one attached hydrogen (secondary N) is 4. The van der Waals surface area contributed by atoms with Crippen molar-refractivity contribution in [1.82, 2.24) is 21.3 Å². The number of carboxylic acid groups (broad SMARTS) is 1. The monoisotopic (exact) mass is 473 g/mol. The van der Waals surface area contributed by atoms with Gasteiger partial charge in [-0.1, -0.05) is 34.1 Å². The van der Waals surface area contributed by atoms with Crippen molar-refractivity contribution in [2.75, 3.05) is 6.54 Å². The molecule has 0 aliphatic rings. The van der Waals surface area contributed by atoms with Crippen LogP contribution in [0, 0.1) is 11.8 Å². The first-order valence-corrected chi connectivity index (χ1v) is 11.0. The number of carbonyl (C=O) groups excluding carboxylic acids is 4. The van der Waals surface area contributed by atoms with Gasteiger partial charge in [0.2, 0.25) is 23.6 Å². The lowest BCUT2D eigenvalue weighted by Gasteiger charge is -2.28. The van der Waals surface area contributed by atoms with Crippen molar-refractivity contribution in [3.05, 3.63) is 0 Å². The largest absolute Gasteiger partial charge is 0.480 e. The molecule has 0 spiro atoms. The third-order valence-electron chi connectivity index (χ3n) is 5.03. The molecule has 12 heteroatoms. The van der Waals surface area contributed by atoms with Gasteiger partial charge in [0.1, 0.15) is 18.1 Å². The normalized spacial score (nSPS) is 16.5. The molecule has 6 atom stereocenters. The molecule has 0 saturated heterocycles. The highest BCUT2D eigenvalue weighted by Gasteiger charge is 2.32. The lowest BCUT2D eigenvalue weighted by molar-refractivity contribution is -0.142. The Bertz CT molecular complexity index is 696. The van der Waals surface area contributed by atoms with Crippen molar-refractivity contribution in [3.63, 3.8) is 0 Å². The SMILES string of the molecule is CC[C@H](C)[C@H](NC(=O)[C@@H](NC(=O)[C@H](C)N)[C@@H](C)O)C(=O)NCC(=O)N[C@@H](CC(C)C)C(=O)O. The summed E-state index contributed by atoms with van der Waals surface area (Å²) in [5.74, 6) is -4.26. The molecule has 0 heterocycles. The number of rotatable bonds is 14. The Kier molecular flexibility index (Phi) is 13.2. The van der Waals surface area contributed by atoms with Gasteiger partial charge in [-0.05, 0) is 32.1 Å². The van der Waals surface area contributed by atoms with Crippen LogP contribution in [0.3, 0.4) is 0 Å². The summed E-state index contributed by atoms with van der Waals surface area (Å²) in [6.07, 6.45) is -0.520. The molecule has 190 valence electrons. The molecule has 0 aliphatic heterocycles. The van der Waals surface area contributed by atoms with Crippen molar-refractivity contribution in [1.29, 1.82) is 0 Å². The van der Waals surface area contributed by atoms with Crippen molar-refractivity contribution >= 4 is 29.6 Å². The predicted molar refractivity (Wildman–Crippen MR) is 121 cm³/mol. The Balaban J connectivity index is 5.21. The van der Waals surface area contributed by atoms with Crippen LogP contribution in [0.25, 0.3) is 0 Å². The van der Waals surface area contributed by atoms with Crippen molar-refractivity contribution < 1.29 is 34.2 Å². The minimum absolute atomic E-state index is 0.0376. The summed E-state index contributed by atoms with van der Waals surface area (Å²) in [6, 6.07) is -4.38. The zero-order valence-corrected chi connectivity index (χ0v) is 20.2. The lowest BCUT2D eigenvalue weighted by Crippen LogP contribution is -2.60. The quantitative estimate of drug-likeness (QED) is 0.157. The molecule has 0 rings (SSSR count). The summed E-state index contributed by atoms with van der Waals surface area (Å²) >= 11 is 0. The van der Waals surface area contributed by atoms with E-state index in [1.807, 2.05) is 13.8 Å². The van der Waals surface area contributed by atoms with Gasteiger partial charge in [-0.25, -0.2) is 4.79 Å². The van der Waals surface area contributed by atoms with Gasteiger partial charge in [-0.3, -0.25) is 19.2 Å². The fourth-order valence-corrected chi connectivity index (χ4v) is 2.85. The van der Waals surface area contributed by atoms with Gasteiger partial charge in [0, 0.05) is 0 Å². The van der Waals surface area contributed by atoms with Crippen LogP contribution in [0.1, 0.15) is 54.4 Å². The zero-order valence-electron chi connectivity index (χ0n) is 20.2. The number of aliphatic carboxylic acids is 1. The fourth-order valence-electron chi connectivity index (χ4n) is 2.85. The first-order valence-electron chi connectivity index (χ1n) is 11.0. The number of nitrogens with two attached hydrogens (primary N) is 1. The molecule has 0 unspecified atom stereocenters. The molecule has 0 fully saturated rings. The van der Waals surface area contributed by atoms with E-state index >= 15 is 0 Å². The number of hydrogen-bond acceptors (Lipinski definition) is 7. The molecule has 12 nitrogen and oxygen atoms in total. The minimum Gasteiger partial charge on any atom is -0.480 e. The standard InChI is InChI=1S/C21H39N5O7/c1-7-11(4)16(25-20(31)17(13(6)27)26-18(29)12(5)22)19(30)23-9-15(28)24-14(21(32)33)8-10(2)3/h10-14,16-17,27H,7-9,22H2,1-6H3,(H,23,30)(H,24,28)(H,25,31)(H,26,29)(H,32,33)/t11-,12-,13+,14-,16-,17-/m0/s1. The van der Waals surface area contributed by atoms with E-state index in [0.29, 0.717) is 6.42 Å². The fraction of sp³-hybridized carbons (Fsp3) is 0.762. The topological polar surface area (TPSA) is 200 Å². The van der Waals surface area contributed by atoms with Crippen LogP contribution in [-0.4, -0.2) is 76.6 Å². The Morgan fingerprint density at radius 2 is 1.39 bits per heavy atom. The third-order valence-corrected chi connectivity index (χ3v) is 5.03. The van der Waals surface area contributed by atoms with Gasteiger partial charge < -0.3 is 37.2 Å². The molecular weight excluding hydrogens is 434 g/mol. The smallest absolute Gasteiger partial charge is 0.326 e. The Morgan fingerprint density at radius 1 is 0.848 bits per heavy atom. The van der Waals surface area contributed by atoms with E-state index in [2.05, 4.69) is 21.3 Å². The molecule has 0 aromatic heterocycles. The molecule has 0 aromatic rings. The zero-order chi connectivity index (χ0) is 25.9. The Labute approximate surface area is 194 Å². The van der Waals surface area contributed by atoms with Crippen LogP contribution in [-0.2, 0) is 24.0 Å². The summed E-state index contributed by atoms with van der Waals surface area (Å²) in [4.78, 5) is 60.7. The minimum atomic E-state index is -1.33. The van der Waals surface area contributed by atoms with Crippen molar-refractivity contribution in [2.24, 2.45) is 17.6 Å². The average molecular weight is 474 g/mol. The van der Waals surface area contributed by atoms with E-state index in [1.54, 1.807) is 13.8 Å². The summed E-state index contributed by atoms with van der Waals surface area (Å²) in [6.45, 7) is 9.40. The maximum absolute atomic E-state index is 12.7.